The molecule has 0 unspecified atom stereocenters. The fourth-order valence-corrected chi connectivity index (χ4v) is 2.71. The van der Waals surface area contributed by atoms with Crippen LogP contribution in [0.2, 0.25) is 5.02 Å². The minimum absolute atomic E-state index is 0.689. The zero-order chi connectivity index (χ0) is 16.5. The maximum absolute atomic E-state index is 5.91. The molecule has 2 aromatic carbocycles. The smallest absolute Gasteiger partial charge is 0.185 e. The number of benzene rings is 2. The molecular weight excluding hydrogens is 390 g/mol. The van der Waals surface area contributed by atoms with Crippen molar-refractivity contribution in [1.82, 2.24) is 19.8 Å². The van der Waals surface area contributed by atoms with Crippen LogP contribution in [0.4, 0.5) is 11.5 Å². The van der Waals surface area contributed by atoms with Gasteiger partial charge in [-0.05, 0) is 48.5 Å². The lowest BCUT2D eigenvalue weighted by Crippen LogP contribution is -2.00. The van der Waals surface area contributed by atoms with Crippen LogP contribution in [-0.4, -0.2) is 19.8 Å². The minimum atomic E-state index is 0.689. The molecule has 0 saturated heterocycles. The SMILES string of the molecule is Clc1ccc(Nc2ccc3nnc(-c4ccc(Br)cc4)n3n2)cc1. The van der Waals surface area contributed by atoms with E-state index < -0.39 is 0 Å². The largest absolute Gasteiger partial charge is 0.339 e. The van der Waals surface area contributed by atoms with Crippen molar-refractivity contribution in [1.29, 1.82) is 0 Å². The van der Waals surface area contributed by atoms with E-state index >= 15 is 0 Å². The highest BCUT2D eigenvalue weighted by Gasteiger charge is 2.10. The van der Waals surface area contributed by atoms with Gasteiger partial charge in [0.1, 0.15) is 0 Å². The van der Waals surface area contributed by atoms with Gasteiger partial charge in [-0.15, -0.1) is 15.3 Å². The van der Waals surface area contributed by atoms with Crippen LogP contribution in [0.25, 0.3) is 17.0 Å². The first-order valence-electron chi connectivity index (χ1n) is 7.20. The van der Waals surface area contributed by atoms with Gasteiger partial charge in [0.25, 0.3) is 0 Å². The summed E-state index contributed by atoms with van der Waals surface area (Å²) in [5.41, 5.74) is 2.54. The highest BCUT2D eigenvalue weighted by atomic mass is 79.9. The first kappa shape index (κ1) is 15.1. The van der Waals surface area contributed by atoms with E-state index in [1.165, 1.54) is 0 Å². The summed E-state index contributed by atoms with van der Waals surface area (Å²) in [6.07, 6.45) is 0. The second-order valence-corrected chi connectivity index (χ2v) is 6.50. The van der Waals surface area contributed by atoms with Crippen LogP contribution < -0.4 is 5.32 Å². The summed E-state index contributed by atoms with van der Waals surface area (Å²) in [6.45, 7) is 0. The first-order valence-corrected chi connectivity index (χ1v) is 8.37. The van der Waals surface area contributed by atoms with Gasteiger partial charge in [0, 0.05) is 20.7 Å². The highest BCUT2D eigenvalue weighted by Crippen LogP contribution is 2.22. The lowest BCUT2D eigenvalue weighted by Gasteiger charge is -2.06. The van der Waals surface area contributed by atoms with Crippen molar-refractivity contribution in [2.45, 2.75) is 0 Å². The van der Waals surface area contributed by atoms with E-state index in [4.69, 9.17) is 11.6 Å². The molecule has 0 aliphatic heterocycles. The Bertz CT molecular complexity index is 996. The molecule has 24 heavy (non-hydrogen) atoms. The molecule has 1 N–H and O–H groups in total. The van der Waals surface area contributed by atoms with Crippen molar-refractivity contribution in [3.05, 3.63) is 70.2 Å². The van der Waals surface area contributed by atoms with Crippen LogP contribution in [0.1, 0.15) is 0 Å². The van der Waals surface area contributed by atoms with Gasteiger partial charge >= 0.3 is 0 Å². The average molecular weight is 401 g/mol. The molecule has 0 aliphatic carbocycles. The summed E-state index contributed by atoms with van der Waals surface area (Å²) in [6, 6.07) is 19.1. The summed E-state index contributed by atoms with van der Waals surface area (Å²) < 4.78 is 2.74. The molecule has 4 aromatic rings. The highest BCUT2D eigenvalue weighted by molar-refractivity contribution is 9.10. The Morgan fingerprint density at radius 2 is 1.62 bits per heavy atom. The normalized spacial score (nSPS) is 10.9. The molecular formula is C17H11BrClN5. The molecule has 5 nitrogen and oxygen atoms in total. The van der Waals surface area contributed by atoms with Crippen molar-refractivity contribution in [3.63, 3.8) is 0 Å². The maximum Gasteiger partial charge on any atom is 0.185 e. The van der Waals surface area contributed by atoms with Gasteiger partial charge in [0.15, 0.2) is 17.3 Å². The maximum atomic E-state index is 5.91. The number of nitrogens with zero attached hydrogens (tertiary/aromatic N) is 4. The number of halogens is 2. The molecule has 0 radical (unpaired) electrons. The zero-order valence-electron chi connectivity index (χ0n) is 12.3. The monoisotopic (exact) mass is 399 g/mol. The molecule has 0 aliphatic rings. The molecule has 0 spiro atoms. The van der Waals surface area contributed by atoms with Gasteiger partial charge < -0.3 is 5.32 Å². The Morgan fingerprint density at radius 1 is 0.875 bits per heavy atom. The predicted octanol–water partition coefficient (Wildman–Crippen LogP) is 4.95. The number of aromatic nitrogens is 4. The van der Waals surface area contributed by atoms with Crippen LogP contribution in [0.3, 0.4) is 0 Å². The van der Waals surface area contributed by atoms with Gasteiger partial charge in [0.2, 0.25) is 0 Å². The van der Waals surface area contributed by atoms with Crippen molar-refractivity contribution in [2.75, 3.05) is 5.32 Å². The lowest BCUT2D eigenvalue weighted by molar-refractivity contribution is 0.941. The summed E-state index contributed by atoms with van der Waals surface area (Å²) in [7, 11) is 0. The first-order chi connectivity index (χ1) is 11.7. The van der Waals surface area contributed by atoms with Crippen LogP contribution >= 0.6 is 27.5 Å². The van der Waals surface area contributed by atoms with Crippen LogP contribution in [-0.2, 0) is 0 Å². The van der Waals surface area contributed by atoms with E-state index in [2.05, 4.69) is 36.5 Å². The van der Waals surface area contributed by atoms with Crippen molar-refractivity contribution < 1.29 is 0 Å². The predicted molar refractivity (Wildman–Crippen MR) is 98.7 cm³/mol. The van der Waals surface area contributed by atoms with Gasteiger partial charge in [-0.3, -0.25) is 0 Å². The topological polar surface area (TPSA) is 55.1 Å². The number of anilines is 2. The molecule has 0 fully saturated rings. The Labute approximate surface area is 151 Å². The van der Waals surface area contributed by atoms with E-state index in [9.17, 15) is 0 Å². The Morgan fingerprint density at radius 3 is 2.38 bits per heavy atom. The molecule has 7 heteroatoms. The van der Waals surface area contributed by atoms with Gasteiger partial charge in [-0.2, -0.15) is 4.52 Å². The number of fused-ring (bicyclic) bond motifs is 1. The summed E-state index contributed by atoms with van der Waals surface area (Å²) in [4.78, 5) is 0. The number of nitrogens with one attached hydrogen (secondary N) is 1. The summed E-state index contributed by atoms with van der Waals surface area (Å²) in [5.74, 6) is 1.39. The van der Waals surface area contributed by atoms with Crippen molar-refractivity contribution >= 4 is 44.7 Å². The van der Waals surface area contributed by atoms with E-state index in [1.807, 2.05) is 60.7 Å². The van der Waals surface area contributed by atoms with E-state index in [1.54, 1.807) is 4.52 Å². The summed E-state index contributed by atoms with van der Waals surface area (Å²) in [5, 5.41) is 16.9. The molecule has 0 bridgehead atoms. The van der Waals surface area contributed by atoms with Crippen LogP contribution in [0.15, 0.2) is 65.1 Å². The Balaban J connectivity index is 1.72. The molecule has 2 heterocycles. The molecule has 4 rings (SSSR count). The van der Waals surface area contributed by atoms with Crippen molar-refractivity contribution in [2.24, 2.45) is 0 Å². The van der Waals surface area contributed by atoms with Crippen LogP contribution in [0.5, 0.6) is 0 Å². The third-order valence-electron chi connectivity index (χ3n) is 3.48. The molecule has 0 atom stereocenters. The molecule has 0 saturated carbocycles. The Hall–Kier alpha value is -2.44. The number of hydrogen-bond acceptors (Lipinski definition) is 4. The standard InChI is InChI=1S/C17H11BrClN5/c18-12-3-1-11(2-4-12)17-22-21-16-10-9-15(23-24(16)17)20-14-7-5-13(19)6-8-14/h1-10H,(H,20,23). The van der Waals surface area contributed by atoms with E-state index in [0.717, 1.165) is 15.7 Å². The average Bonchev–Trinajstić information content (AvgIpc) is 3.01. The third-order valence-corrected chi connectivity index (χ3v) is 4.26. The fraction of sp³-hybridized carbons (Fsp3) is 0. The molecule has 2 aromatic heterocycles. The minimum Gasteiger partial charge on any atom is -0.339 e. The number of hydrogen-bond donors (Lipinski definition) is 1. The third kappa shape index (κ3) is 2.98. The van der Waals surface area contributed by atoms with E-state index in [-0.39, 0.29) is 0 Å². The summed E-state index contributed by atoms with van der Waals surface area (Å²) >= 11 is 9.34. The fourth-order valence-electron chi connectivity index (χ4n) is 2.32. The van der Waals surface area contributed by atoms with E-state index in [0.29, 0.717) is 22.3 Å². The van der Waals surface area contributed by atoms with Crippen LogP contribution in [0, 0.1) is 0 Å². The molecule has 0 amide bonds. The second kappa shape index (κ2) is 6.22. The zero-order valence-corrected chi connectivity index (χ0v) is 14.7. The van der Waals surface area contributed by atoms with Gasteiger partial charge in [-0.1, -0.05) is 39.7 Å². The molecule has 118 valence electrons. The van der Waals surface area contributed by atoms with Gasteiger partial charge in [-0.25, -0.2) is 0 Å². The van der Waals surface area contributed by atoms with Gasteiger partial charge in [0.05, 0.1) is 0 Å². The van der Waals surface area contributed by atoms with Crippen molar-refractivity contribution in [3.8, 4) is 11.4 Å². The number of rotatable bonds is 3. The lowest BCUT2D eigenvalue weighted by atomic mass is 10.2. The Kier molecular flexibility index (Phi) is 3.92. The quantitative estimate of drug-likeness (QED) is 0.528. The second-order valence-electron chi connectivity index (χ2n) is 5.15.